The van der Waals surface area contributed by atoms with Crippen LogP contribution >= 0.6 is 0 Å². The van der Waals surface area contributed by atoms with Crippen LogP contribution in [0.5, 0.6) is 0 Å². The smallest absolute Gasteiger partial charge is 0.315 e. The first kappa shape index (κ1) is 14.3. The van der Waals surface area contributed by atoms with Gasteiger partial charge < -0.3 is 15.7 Å². The molecule has 5 nitrogen and oxygen atoms in total. The second-order valence-electron chi connectivity index (χ2n) is 4.01. The van der Waals surface area contributed by atoms with Crippen LogP contribution in [0.4, 0.5) is 4.79 Å². The maximum Gasteiger partial charge on any atom is 0.315 e. The van der Waals surface area contributed by atoms with E-state index in [4.69, 9.17) is 5.11 Å². The fourth-order valence-corrected chi connectivity index (χ4v) is 1.14. The van der Waals surface area contributed by atoms with E-state index in [1.165, 1.54) is 0 Å². The highest BCUT2D eigenvalue weighted by molar-refractivity contribution is 5.76. The highest BCUT2D eigenvalue weighted by Gasteiger charge is 2.23. The van der Waals surface area contributed by atoms with Gasteiger partial charge >= 0.3 is 12.0 Å². The molecule has 0 aliphatic carbocycles. The number of carbonyl (C=O) groups excluding carboxylic acids is 1. The van der Waals surface area contributed by atoms with Crippen LogP contribution in [0.15, 0.2) is 0 Å². The van der Waals surface area contributed by atoms with Gasteiger partial charge in [0.05, 0.1) is 6.42 Å². The van der Waals surface area contributed by atoms with Crippen molar-refractivity contribution < 1.29 is 14.7 Å². The van der Waals surface area contributed by atoms with Gasteiger partial charge in [0.2, 0.25) is 0 Å². The Hall–Kier alpha value is -1.70. The molecular formula is C11H18N2O3. The van der Waals surface area contributed by atoms with Crippen molar-refractivity contribution in [2.24, 2.45) is 0 Å². The van der Waals surface area contributed by atoms with Crippen molar-refractivity contribution in [3.8, 4) is 11.8 Å². The van der Waals surface area contributed by atoms with Gasteiger partial charge in [-0.2, -0.15) is 0 Å². The van der Waals surface area contributed by atoms with Crippen molar-refractivity contribution in [2.75, 3.05) is 6.54 Å². The summed E-state index contributed by atoms with van der Waals surface area (Å²) in [6.07, 6.45) is 0.471. The third-order valence-electron chi connectivity index (χ3n) is 1.76. The summed E-state index contributed by atoms with van der Waals surface area (Å²) < 4.78 is 0. The molecule has 0 aliphatic heterocycles. The first-order valence-corrected chi connectivity index (χ1v) is 5.05. The molecule has 90 valence electrons. The van der Waals surface area contributed by atoms with E-state index in [1.807, 2.05) is 0 Å². The molecule has 16 heavy (non-hydrogen) atoms. The molecule has 0 unspecified atom stereocenters. The number of hydrogen-bond donors (Lipinski definition) is 3. The normalized spacial score (nSPS) is 9.94. The summed E-state index contributed by atoms with van der Waals surface area (Å²) in [6, 6.07) is -0.371. The van der Waals surface area contributed by atoms with Crippen LogP contribution in [-0.4, -0.2) is 29.2 Å². The zero-order chi connectivity index (χ0) is 12.6. The molecule has 0 aromatic rings. The number of urea groups is 1. The Balaban J connectivity index is 3.92. The maximum absolute atomic E-state index is 11.3. The first-order chi connectivity index (χ1) is 7.37. The van der Waals surface area contributed by atoms with E-state index in [-0.39, 0.29) is 12.5 Å². The van der Waals surface area contributed by atoms with E-state index < -0.39 is 11.5 Å². The molecule has 0 aromatic carbocycles. The van der Waals surface area contributed by atoms with Crippen LogP contribution in [0.2, 0.25) is 0 Å². The summed E-state index contributed by atoms with van der Waals surface area (Å²) in [5.41, 5.74) is -0.758. The molecule has 0 aliphatic rings. The minimum absolute atomic E-state index is 0.116. The second-order valence-corrected chi connectivity index (χ2v) is 4.01. The van der Waals surface area contributed by atoms with Crippen LogP contribution in [-0.2, 0) is 4.79 Å². The minimum atomic E-state index is -0.942. The van der Waals surface area contributed by atoms with Gasteiger partial charge in [-0.1, -0.05) is 0 Å². The minimum Gasteiger partial charge on any atom is -0.481 e. The third kappa shape index (κ3) is 7.68. The van der Waals surface area contributed by atoms with Gasteiger partial charge in [-0.15, -0.1) is 11.8 Å². The van der Waals surface area contributed by atoms with Crippen LogP contribution in [0, 0.1) is 11.8 Å². The monoisotopic (exact) mass is 226 g/mol. The summed E-state index contributed by atoms with van der Waals surface area (Å²) in [7, 11) is 0. The molecule has 0 rings (SSSR count). The molecule has 0 radical (unpaired) electrons. The van der Waals surface area contributed by atoms with Crippen molar-refractivity contribution in [3.05, 3.63) is 0 Å². The molecular weight excluding hydrogens is 208 g/mol. The quantitative estimate of drug-likeness (QED) is 0.482. The number of carboxylic acids is 1. The van der Waals surface area contributed by atoms with E-state index >= 15 is 0 Å². The predicted octanol–water partition coefficient (Wildman–Crippen LogP) is 0.952. The van der Waals surface area contributed by atoms with E-state index in [0.717, 1.165) is 0 Å². The number of carbonyl (C=O) groups is 2. The molecule has 0 heterocycles. The molecule has 0 saturated heterocycles. The van der Waals surface area contributed by atoms with Gasteiger partial charge in [-0.05, 0) is 20.8 Å². The number of aliphatic carboxylic acids is 1. The summed E-state index contributed by atoms with van der Waals surface area (Å²) in [5.74, 6) is 4.59. The topological polar surface area (TPSA) is 78.4 Å². The molecule has 3 N–H and O–H groups in total. The van der Waals surface area contributed by atoms with Crippen molar-refractivity contribution in [2.45, 2.75) is 39.2 Å². The summed E-state index contributed by atoms with van der Waals surface area (Å²) >= 11 is 0. The fraction of sp³-hybridized carbons (Fsp3) is 0.636. The number of rotatable bonds is 5. The molecule has 2 amide bonds. The number of amides is 2. The van der Waals surface area contributed by atoms with Crippen molar-refractivity contribution in [3.63, 3.8) is 0 Å². The van der Waals surface area contributed by atoms with Gasteiger partial charge in [0, 0.05) is 18.5 Å². The number of carboxylic acid groups (broad SMARTS) is 1. The Labute approximate surface area is 95.6 Å². The molecule has 0 fully saturated rings. The zero-order valence-corrected chi connectivity index (χ0v) is 9.89. The van der Waals surface area contributed by atoms with Crippen LogP contribution in [0.1, 0.15) is 33.6 Å². The third-order valence-corrected chi connectivity index (χ3v) is 1.76. The largest absolute Gasteiger partial charge is 0.481 e. The molecule has 0 atom stereocenters. The molecule has 5 heteroatoms. The SMILES string of the molecule is CC#CCCNC(=O)NC(C)(C)CC(=O)O. The lowest BCUT2D eigenvalue weighted by molar-refractivity contribution is -0.138. The average molecular weight is 226 g/mol. The van der Waals surface area contributed by atoms with E-state index in [9.17, 15) is 9.59 Å². The molecule has 0 spiro atoms. The van der Waals surface area contributed by atoms with Gasteiger partial charge in [-0.25, -0.2) is 4.79 Å². The number of nitrogens with one attached hydrogen (secondary N) is 2. The van der Waals surface area contributed by atoms with E-state index in [2.05, 4.69) is 22.5 Å². The highest BCUT2D eigenvalue weighted by atomic mass is 16.4. The fourth-order valence-electron chi connectivity index (χ4n) is 1.14. The maximum atomic E-state index is 11.3. The van der Waals surface area contributed by atoms with Gasteiger partial charge in [0.15, 0.2) is 0 Å². The average Bonchev–Trinajstić information content (AvgIpc) is 2.09. The lowest BCUT2D eigenvalue weighted by Gasteiger charge is -2.24. The highest BCUT2D eigenvalue weighted by Crippen LogP contribution is 2.07. The first-order valence-electron chi connectivity index (χ1n) is 5.05. The van der Waals surface area contributed by atoms with Crippen molar-refractivity contribution >= 4 is 12.0 Å². The van der Waals surface area contributed by atoms with E-state index in [1.54, 1.807) is 20.8 Å². The number of hydrogen-bond acceptors (Lipinski definition) is 2. The Morgan fingerprint density at radius 1 is 1.38 bits per heavy atom. The second kappa shape index (κ2) is 6.72. The van der Waals surface area contributed by atoms with Crippen LogP contribution in [0.25, 0.3) is 0 Å². The van der Waals surface area contributed by atoms with Gasteiger partial charge in [0.25, 0.3) is 0 Å². The summed E-state index contributed by atoms with van der Waals surface area (Å²) in [4.78, 5) is 21.8. The van der Waals surface area contributed by atoms with E-state index in [0.29, 0.717) is 13.0 Å². The summed E-state index contributed by atoms with van der Waals surface area (Å²) in [5, 5.41) is 13.8. The summed E-state index contributed by atoms with van der Waals surface area (Å²) in [6.45, 7) is 5.50. The Morgan fingerprint density at radius 2 is 2.00 bits per heavy atom. The Morgan fingerprint density at radius 3 is 2.50 bits per heavy atom. The lowest BCUT2D eigenvalue weighted by Crippen LogP contribution is -2.49. The van der Waals surface area contributed by atoms with Gasteiger partial charge in [0.1, 0.15) is 0 Å². The Kier molecular flexibility index (Phi) is 6.01. The molecule has 0 bridgehead atoms. The zero-order valence-electron chi connectivity index (χ0n) is 9.89. The van der Waals surface area contributed by atoms with Crippen molar-refractivity contribution in [1.29, 1.82) is 0 Å². The van der Waals surface area contributed by atoms with Gasteiger partial charge in [-0.3, -0.25) is 4.79 Å². The van der Waals surface area contributed by atoms with Crippen molar-refractivity contribution in [1.82, 2.24) is 10.6 Å². The molecule has 0 aromatic heterocycles. The standard InChI is InChI=1S/C11H18N2O3/c1-4-5-6-7-12-10(16)13-11(2,3)8-9(14)15/h6-8H2,1-3H3,(H,14,15)(H2,12,13,16). The van der Waals surface area contributed by atoms with Crippen LogP contribution < -0.4 is 10.6 Å². The Bertz CT molecular complexity index is 313. The van der Waals surface area contributed by atoms with Crippen LogP contribution in [0.3, 0.4) is 0 Å². The predicted molar refractivity (Wildman–Crippen MR) is 60.9 cm³/mol. The lowest BCUT2D eigenvalue weighted by atomic mass is 10.0. The molecule has 0 saturated carbocycles.